The highest BCUT2D eigenvalue weighted by Crippen LogP contribution is 2.08. The Morgan fingerprint density at radius 3 is 3.20 bits per heavy atom. The molecule has 2 rings (SSSR count). The molecule has 82 valence electrons. The van der Waals surface area contributed by atoms with Crippen molar-refractivity contribution in [2.45, 2.75) is 25.4 Å². The van der Waals surface area contributed by atoms with Crippen LogP contribution in [-0.2, 0) is 6.54 Å². The molecule has 1 unspecified atom stereocenters. The summed E-state index contributed by atoms with van der Waals surface area (Å²) in [5.41, 5.74) is 1.02. The number of hydrogen-bond acceptors (Lipinski definition) is 4. The summed E-state index contributed by atoms with van der Waals surface area (Å²) in [6.07, 6.45) is 7.82. The number of rotatable bonds is 3. The van der Waals surface area contributed by atoms with E-state index in [-0.39, 0.29) is 0 Å². The van der Waals surface area contributed by atoms with Gasteiger partial charge in [0.2, 0.25) is 0 Å². The normalized spacial score (nSPS) is 22.9. The fourth-order valence-electron chi connectivity index (χ4n) is 2.00. The van der Waals surface area contributed by atoms with Crippen LogP contribution in [0.2, 0.25) is 0 Å². The summed E-state index contributed by atoms with van der Waals surface area (Å²) in [5, 5.41) is 3.52. The van der Waals surface area contributed by atoms with Crippen molar-refractivity contribution in [3.05, 3.63) is 24.3 Å². The van der Waals surface area contributed by atoms with Crippen LogP contribution >= 0.6 is 0 Å². The third-order valence-electron chi connectivity index (χ3n) is 2.81. The van der Waals surface area contributed by atoms with E-state index in [0.29, 0.717) is 6.04 Å². The van der Waals surface area contributed by atoms with Gasteiger partial charge in [0.15, 0.2) is 0 Å². The molecule has 2 heterocycles. The molecule has 4 nitrogen and oxygen atoms in total. The molecule has 1 fully saturated rings. The lowest BCUT2D eigenvalue weighted by atomic mass is 10.1. The third-order valence-corrected chi connectivity index (χ3v) is 2.81. The van der Waals surface area contributed by atoms with Gasteiger partial charge in [0, 0.05) is 37.7 Å². The molecule has 4 heteroatoms. The zero-order valence-corrected chi connectivity index (χ0v) is 9.19. The standard InChI is InChI=1S/C11H18N4/c1-15-6-2-3-10(9-15)14-8-11-7-12-4-5-13-11/h4-5,7,10,14H,2-3,6,8-9H2,1H3. The summed E-state index contributed by atoms with van der Waals surface area (Å²) in [4.78, 5) is 10.7. The van der Waals surface area contributed by atoms with Crippen LogP contribution in [0.4, 0.5) is 0 Å². The first-order chi connectivity index (χ1) is 7.34. The van der Waals surface area contributed by atoms with Gasteiger partial charge in [-0.3, -0.25) is 9.97 Å². The Hall–Kier alpha value is -1.00. The molecule has 1 aliphatic heterocycles. The molecular formula is C11H18N4. The maximum absolute atomic E-state index is 4.24. The predicted molar refractivity (Wildman–Crippen MR) is 59.4 cm³/mol. The number of aromatic nitrogens is 2. The molecule has 0 aromatic carbocycles. The molecule has 1 atom stereocenters. The van der Waals surface area contributed by atoms with Gasteiger partial charge in [-0.15, -0.1) is 0 Å². The van der Waals surface area contributed by atoms with E-state index in [2.05, 4.69) is 27.2 Å². The molecule has 1 saturated heterocycles. The quantitative estimate of drug-likeness (QED) is 0.789. The maximum Gasteiger partial charge on any atom is 0.0724 e. The lowest BCUT2D eigenvalue weighted by Gasteiger charge is -2.30. The molecule has 1 aromatic rings. The largest absolute Gasteiger partial charge is 0.307 e. The number of likely N-dealkylation sites (tertiary alicyclic amines) is 1. The topological polar surface area (TPSA) is 41.0 Å². The summed E-state index contributed by atoms with van der Waals surface area (Å²) in [6.45, 7) is 3.19. The van der Waals surface area contributed by atoms with Crippen LogP contribution in [0.15, 0.2) is 18.6 Å². The van der Waals surface area contributed by atoms with Crippen LogP contribution in [0.1, 0.15) is 18.5 Å². The highest BCUT2D eigenvalue weighted by atomic mass is 15.1. The third kappa shape index (κ3) is 3.25. The Labute approximate surface area is 90.7 Å². The van der Waals surface area contributed by atoms with Crippen LogP contribution in [0.3, 0.4) is 0 Å². The molecule has 0 aliphatic carbocycles. The van der Waals surface area contributed by atoms with E-state index in [1.807, 2.05) is 6.20 Å². The molecule has 0 saturated carbocycles. The lowest BCUT2D eigenvalue weighted by Crippen LogP contribution is -2.43. The second kappa shape index (κ2) is 5.19. The lowest BCUT2D eigenvalue weighted by molar-refractivity contribution is 0.226. The minimum atomic E-state index is 0.603. The number of likely N-dealkylation sites (N-methyl/N-ethyl adjacent to an activating group) is 1. The van der Waals surface area contributed by atoms with Gasteiger partial charge in [0.05, 0.1) is 5.69 Å². The number of nitrogens with zero attached hydrogens (tertiary/aromatic N) is 3. The van der Waals surface area contributed by atoms with Gasteiger partial charge in [-0.1, -0.05) is 0 Å². The molecule has 1 aromatic heterocycles. The Kier molecular flexibility index (Phi) is 3.64. The average Bonchev–Trinajstić information content (AvgIpc) is 2.28. The predicted octanol–water partition coefficient (Wildman–Crippen LogP) is 0.660. The van der Waals surface area contributed by atoms with Crippen molar-refractivity contribution in [1.29, 1.82) is 0 Å². The van der Waals surface area contributed by atoms with Crippen LogP contribution in [0.25, 0.3) is 0 Å². The van der Waals surface area contributed by atoms with E-state index < -0.39 is 0 Å². The Morgan fingerprint density at radius 1 is 1.53 bits per heavy atom. The van der Waals surface area contributed by atoms with Gasteiger partial charge in [-0.2, -0.15) is 0 Å². The van der Waals surface area contributed by atoms with Gasteiger partial charge in [0.1, 0.15) is 0 Å². The summed E-state index contributed by atoms with van der Waals surface area (Å²) in [5.74, 6) is 0. The highest BCUT2D eigenvalue weighted by Gasteiger charge is 2.16. The second-order valence-electron chi connectivity index (χ2n) is 4.18. The highest BCUT2D eigenvalue weighted by molar-refractivity contribution is 4.94. The number of piperidine rings is 1. The monoisotopic (exact) mass is 206 g/mol. The fraction of sp³-hybridized carbons (Fsp3) is 0.636. The maximum atomic E-state index is 4.24. The SMILES string of the molecule is CN1CCCC(NCc2cnccn2)C1. The van der Waals surface area contributed by atoms with Crippen molar-refractivity contribution < 1.29 is 0 Å². The molecule has 0 bridgehead atoms. The van der Waals surface area contributed by atoms with E-state index in [1.165, 1.54) is 19.4 Å². The summed E-state index contributed by atoms with van der Waals surface area (Å²) in [6, 6.07) is 0.603. The van der Waals surface area contributed by atoms with E-state index in [4.69, 9.17) is 0 Å². The zero-order valence-electron chi connectivity index (χ0n) is 9.19. The van der Waals surface area contributed by atoms with Crippen molar-refractivity contribution >= 4 is 0 Å². The first kappa shape index (κ1) is 10.5. The second-order valence-corrected chi connectivity index (χ2v) is 4.18. The van der Waals surface area contributed by atoms with Crippen LogP contribution in [-0.4, -0.2) is 41.0 Å². The van der Waals surface area contributed by atoms with Gasteiger partial charge in [-0.05, 0) is 26.4 Å². The van der Waals surface area contributed by atoms with Crippen LogP contribution in [0.5, 0.6) is 0 Å². The van der Waals surface area contributed by atoms with Crippen molar-refractivity contribution in [3.8, 4) is 0 Å². The van der Waals surface area contributed by atoms with E-state index in [0.717, 1.165) is 18.8 Å². The molecule has 0 amide bonds. The number of nitrogens with one attached hydrogen (secondary N) is 1. The van der Waals surface area contributed by atoms with Crippen molar-refractivity contribution in [3.63, 3.8) is 0 Å². The molecule has 0 spiro atoms. The molecule has 15 heavy (non-hydrogen) atoms. The van der Waals surface area contributed by atoms with Crippen molar-refractivity contribution in [2.24, 2.45) is 0 Å². The van der Waals surface area contributed by atoms with Gasteiger partial charge in [0.25, 0.3) is 0 Å². The van der Waals surface area contributed by atoms with E-state index in [9.17, 15) is 0 Å². The minimum absolute atomic E-state index is 0.603. The zero-order chi connectivity index (χ0) is 10.5. The van der Waals surface area contributed by atoms with Crippen molar-refractivity contribution in [2.75, 3.05) is 20.1 Å². The Bertz CT molecular complexity index is 288. The molecule has 1 N–H and O–H groups in total. The smallest absolute Gasteiger partial charge is 0.0724 e. The van der Waals surface area contributed by atoms with Gasteiger partial charge < -0.3 is 10.2 Å². The van der Waals surface area contributed by atoms with Gasteiger partial charge >= 0.3 is 0 Å². The summed E-state index contributed by atoms with van der Waals surface area (Å²) >= 11 is 0. The minimum Gasteiger partial charge on any atom is -0.307 e. The van der Waals surface area contributed by atoms with Crippen molar-refractivity contribution in [1.82, 2.24) is 20.2 Å². The Morgan fingerprint density at radius 2 is 2.47 bits per heavy atom. The summed E-state index contributed by atoms with van der Waals surface area (Å²) in [7, 11) is 2.18. The first-order valence-electron chi connectivity index (χ1n) is 5.51. The van der Waals surface area contributed by atoms with E-state index in [1.54, 1.807) is 12.4 Å². The average molecular weight is 206 g/mol. The molecule has 0 radical (unpaired) electrons. The molecular weight excluding hydrogens is 188 g/mol. The fourth-order valence-corrected chi connectivity index (χ4v) is 2.00. The van der Waals surface area contributed by atoms with Crippen LogP contribution < -0.4 is 5.32 Å². The van der Waals surface area contributed by atoms with E-state index >= 15 is 0 Å². The van der Waals surface area contributed by atoms with Crippen LogP contribution in [0, 0.1) is 0 Å². The number of hydrogen-bond donors (Lipinski definition) is 1. The molecule has 1 aliphatic rings. The first-order valence-corrected chi connectivity index (χ1v) is 5.51. The Balaban J connectivity index is 1.78. The summed E-state index contributed by atoms with van der Waals surface area (Å²) < 4.78 is 0. The van der Waals surface area contributed by atoms with Gasteiger partial charge in [-0.25, -0.2) is 0 Å².